The number of hydrogen-bond acceptors (Lipinski definition) is 3. The van der Waals surface area contributed by atoms with Gasteiger partial charge in [-0.3, -0.25) is 0 Å². The van der Waals surface area contributed by atoms with Gasteiger partial charge in [-0.1, -0.05) is 12.5 Å². The Morgan fingerprint density at radius 2 is 2.00 bits per heavy atom. The molecule has 2 aliphatic rings. The Bertz CT molecular complexity index is 416. The van der Waals surface area contributed by atoms with E-state index in [1.807, 2.05) is 31.7 Å². The summed E-state index contributed by atoms with van der Waals surface area (Å²) in [6.45, 7) is 12.7. The Kier molecular flexibility index (Phi) is 6.12. The molecule has 2 rings (SSSR count). The number of ether oxygens (including phenoxy) is 1. The van der Waals surface area contributed by atoms with E-state index in [0.29, 0.717) is 24.0 Å². The Balaban J connectivity index is 2.07. The molecule has 1 saturated heterocycles. The molecule has 1 saturated carbocycles. The van der Waals surface area contributed by atoms with E-state index in [1.54, 1.807) is 0 Å². The first-order valence-electron chi connectivity index (χ1n) is 9.20. The number of likely N-dealkylation sites (tertiary alicyclic amines) is 1. The number of rotatable bonds is 4. The number of carbonyl (C=O) groups is 1. The lowest BCUT2D eigenvalue weighted by atomic mass is 9.86. The minimum Gasteiger partial charge on any atom is -0.444 e. The molecule has 1 aliphatic heterocycles. The second kappa shape index (κ2) is 7.69. The van der Waals surface area contributed by atoms with Crippen molar-refractivity contribution < 1.29 is 9.53 Å². The van der Waals surface area contributed by atoms with Gasteiger partial charge in [0.15, 0.2) is 0 Å². The van der Waals surface area contributed by atoms with Crippen LogP contribution in [-0.2, 0) is 4.74 Å². The minimum atomic E-state index is -0.427. The second-order valence-electron chi connectivity index (χ2n) is 8.13. The van der Waals surface area contributed by atoms with Crippen LogP contribution in [0.15, 0.2) is 12.7 Å². The van der Waals surface area contributed by atoms with Crippen LogP contribution in [0.3, 0.4) is 0 Å². The van der Waals surface area contributed by atoms with E-state index in [0.717, 1.165) is 19.4 Å². The molecule has 0 aromatic rings. The highest BCUT2D eigenvalue weighted by atomic mass is 16.6. The summed E-state index contributed by atoms with van der Waals surface area (Å²) in [4.78, 5) is 14.6. The molecule has 1 amide bonds. The fraction of sp³-hybridized carbons (Fsp3) is 0.842. The zero-order valence-corrected chi connectivity index (χ0v) is 15.3. The molecule has 4 nitrogen and oxygen atoms in total. The number of amides is 1. The van der Waals surface area contributed by atoms with Crippen molar-refractivity contribution in [3.05, 3.63) is 12.7 Å². The van der Waals surface area contributed by atoms with Gasteiger partial charge in [-0.2, -0.15) is 0 Å². The van der Waals surface area contributed by atoms with Crippen molar-refractivity contribution >= 4 is 6.09 Å². The Morgan fingerprint density at radius 3 is 2.65 bits per heavy atom. The molecule has 0 aromatic carbocycles. The van der Waals surface area contributed by atoms with Gasteiger partial charge in [0, 0.05) is 24.7 Å². The molecular weight excluding hydrogens is 288 g/mol. The maximum Gasteiger partial charge on any atom is 0.410 e. The van der Waals surface area contributed by atoms with E-state index in [4.69, 9.17) is 4.74 Å². The summed E-state index contributed by atoms with van der Waals surface area (Å²) in [6.07, 6.45) is 8.86. The fourth-order valence-electron chi connectivity index (χ4n) is 4.01. The van der Waals surface area contributed by atoms with Gasteiger partial charge in [0.05, 0.1) is 0 Å². The summed E-state index contributed by atoms with van der Waals surface area (Å²) < 4.78 is 5.65. The largest absolute Gasteiger partial charge is 0.444 e. The molecule has 0 radical (unpaired) electrons. The maximum absolute atomic E-state index is 12.6. The van der Waals surface area contributed by atoms with Crippen LogP contribution in [0.1, 0.15) is 66.2 Å². The molecule has 1 aliphatic carbocycles. The van der Waals surface area contributed by atoms with Gasteiger partial charge in [-0.05, 0) is 65.7 Å². The molecule has 0 aromatic heterocycles. The summed E-state index contributed by atoms with van der Waals surface area (Å²) in [5.74, 6) is 0.533. The van der Waals surface area contributed by atoms with E-state index >= 15 is 0 Å². The standard InChI is InChI=1S/C19H34N2O2/c1-6-14(2)20-16-11-9-10-15(16)17-12-7-8-13-21(17)18(22)23-19(3,4)5/h6,14-17,20H,1,7-13H2,2-5H3. The van der Waals surface area contributed by atoms with E-state index in [2.05, 4.69) is 18.8 Å². The zero-order chi connectivity index (χ0) is 17.0. The van der Waals surface area contributed by atoms with Gasteiger partial charge in [0.1, 0.15) is 5.60 Å². The third-order valence-corrected chi connectivity index (χ3v) is 5.07. The third kappa shape index (κ3) is 4.97. The van der Waals surface area contributed by atoms with Crippen LogP contribution in [-0.4, -0.2) is 41.3 Å². The van der Waals surface area contributed by atoms with Crippen LogP contribution in [0.2, 0.25) is 0 Å². The molecule has 23 heavy (non-hydrogen) atoms. The lowest BCUT2D eigenvalue weighted by Crippen LogP contribution is -2.53. The highest BCUT2D eigenvalue weighted by Gasteiger charge is 2.40. The van der Waals surface area contributed by atoms with Crippen LogP contribution in [0.25, 0.3) is 0 Å². The maximum atomic E-state index is 12.6. The summed E-state index contributed by atoms with van der Waals surface area (Å²) in [5, 5.41) is 3.69. The van der Waals surface area contributed by atoms with Crippen LogP contribution in [0, 0.1) is 5.92 Å². The number of nitrogens with one attached hydrogen (secondary N) is 1. The first-order valence-corrected chi connectivity index (χ1v) is 9.20. The quantitative estimate of drug-likeness (QED) is 0.792. The van der Waals surface area contributed by atoms with Gasteiger partial charge in [-0.15, -0.1) is 6.58 Å². The number of hydrogen-bond donors (Lipinski definition) is 1. The smallest absolute Gasteiger partial charge is 0.410 e. The predicted molar refractivity (Wildman–Crippen MR) is 94.5 cm³/mol. The molecule has 4 atom stereocenters. The molecule has 4 unspecified atom stereocenters. The van der Waals surface area contributed by atoms with Gasteiger partial charge in [0.25, 0.3) is 0 Å². The van der Waals surface area contributed by atoms with E-state index in [-0.39, 0.29) is 6.09 Å². The van der Waals surface area contributed by atoms with Crippen molar-refractivity contribution in [1.82, 2.24) is 10.2 Å². The zero-order valence-electron chi connectivity index (χ0n) is 15.3. The minimum absolute atomic E-state index is 0.135. The predicted octanol–water partition coefficient (Wildman–Crippen LogP) is 4.11. The molecule has 132 valence electrons. The van der Waals surface area contributed by atoms with Crippen molar-refractivity contribution in [1.29, 1.82) is 0 Å². The molecule has 0 bridgehead atoms. The first-order chi connectivity index (χ1) is 10.8. The van der Waals surface area contributed by atoms with Gasteiger partial charge in [-0.25, -0.2) is 4.79 Å². The van der Waals surface area contributed by atoms with Crippen molar-refractivity contribution in [2.24, 2.45) is 5.92 Å². The van der Waals surface area contributed by atoms with Gasteiger partial charge in [0.2, 0.25) is 0 Å². The lowest BCUT2D eigenvalue weighted by Gasteiger charge is -2.42. The fourth-order valence-corrected chi connectivity index (χ4v) is 4.01. The molecular formula is C19H34N2O2. The van der Waals surface area contributed by atoms with Crippen LogP contribution in [0.5, 0.6) is 0 Å². The van der Waals surface area contributed by atoms with Crippen LogP contribution in [0.4, 0.5) is 4.79 Å². The Hall–Kier alpha value is -1.03. The number of nitrogens with zero attached hydrogens (tertiary/aromatic N) is 1. The van der Waals surface area contributed by atoms with Crippen LogP contribution < -0.4 is 5.32 Å². The lowest BCUT2D eigenvalue weighted by molar-refractivity contribution is -0.000194. The molecule has 0 spiro atoms. The van der Waals surface area contributed by atoms with Crippen LogP contribution >= 0.6 is 0 Å². The number of piperidine rings is 1. The summed E-state index contributed by atoms with van der Waals surface area (Å²) in [6, 6.07) is 1.12. The topological polar surface area (TPSA) is 41.6 Å². The van der Waals surface area contributed by atoms with Crippen molar-refractivity contribution in [3.63, 3.8) is 0 Å². The van der Waals surface area contributed by atoms with Gasteiger partial charge < -0.3 is 15.0 Å². The van der Waals surface area contributed by atoms with E-state index in [1.165, 1.54) is 25.7 Å². The average molecular weight is 322 g/mol. The first kappa shape index (κ1) is 18.3. The molecule has 2 fully saturated rings. The highest BCUT2D eigenvalue weighted by Crippen LogP contribution is 2.36. The summed E-state index contributed by atoms with van der Waals surface area (Å²) >= 11 is 0. The second-order valence-corrected chi connectivity index (χ2v) is 8.13. The van der Waals surface area contributed by atoms with Crippen molar-refractivity contribution in [3.8, 4) is 0 Å². The van der Waals surface area contributed by atoms with Crippen molar-refractivity contribution in [2.75, 3.05) is 6.54 Å². The third-order valence-electron chi connectivity index (χ3n) is 5.07. The average Bonchev–Trinajstić information content (AvgIpc) is 2.93. The molecule has 1 heterocycles. The summed E-state index contributed by atoms with van der Waals surface area (Å²) in [7, 11) is 0. The Morgan fingerprint density at radius 1 is 1.26 bits per heavy atom. The monoisotopic (exact) mass is 322 g/mol. The molecule has 4 heteroatoms. The highest BCUT2D eigenvalue weighted by molar-refractivity contribution is 5.68. The van der Waals surface area contributed by atoms with Gasteiger partial charge >= 0.3 is 6.09 Å². The van der Waals surface area contributed by atoms with Crippen molar-refractivity contribution in [2.45, 2.75) is 89.9 Å². The normalized spacial score (nSPS) is 30.1. The van der Waals surface area contributed by atoms with E-state index in [9.17, 15) is 4.79 Å². The molecule has 1 N–H and O–H groups in total. The number of carbonyl (C=O) groups excluding carboxylic acids is 1. The summed E-state index contributed by atoms with van der Waals surface area (Å²) in [5.41, 5.74) is -0.427. The SMILES string of the molecule is C=CC(C)NC1CCCC1C1CCCCN1C(=O)OC(C)(C)C. The Labute approximate surface area is 141 Å². The van der Waals surface area contributed by atoms with E-state index < -0.39 is 5.60 Å².